The first kappa shape index (κ1) is 15.9. The average Bonchev–Trinajstić information content (AvgIpc) is 2.50. The Morgan fingerprint density at radius 3 is 2.55 bits per heavy atom. The molecule has 0 radical (unpaired) electrons. The van der Waals surface area contributed by atoms with Crippen molar-refractivity contribution in [1.29, 1.82) is 0 Å². The molecule has 0 aliphatic rings. The van der Waals surface area contributed by atoms with Crippen LogP contribution < -0.4 is 16.4 Å². The molecule has 4 N–H and O–H groups in total. The summed E-state index contributed by atoms with van der Waals surface area (Å²) < 4.78 is 0. The highest BCUT2D eigenvalue weighted by atomic mass is 16.1. The van der Waals surface area contributed by atoms with Gasteiger partial charge in [-0.25, -0.2) is 0 Å². The van der Waals surface area contributed by atoms with E-state index in [0.717, 1.165) is 23.4 Å². The molecule has 4 nitrogen and oxygen atoms in total. The summed E-state index contributed by atoms with van der Waals surface area (Å²) in [5.74, 6) is -0.0909. The lowest BCUT2D eigenvalue weighted by atomic mass is 10.1. The highest BCUT2D eigenvalue weighted by Gasteiger charge is 2.08. The van der Waals surface area contributed by atoms with Gasteiger partial charge in [-0.1, -0.05) is 19.1 Å². The van der Waals surface area contributed by atoms with Gasteiger partial charge in [0.2, 0.25) is 0 Å². The quantitative estimate of drug-likeness (QED) is 0.736. The molecule has 0 bridgehead atoms. The zero-order valence-corrected chi connectivity index (χ0v) is 13.4. The van der Waals surface area contributed by atoms with Gasteiger partial charge in [0.25, 0.3) is 5.91 Å². The molecule has 0 aliphatic carbocycles. The number of nitrogen functional groups attached to an aromatic ring is 1. The van der Waals surface area contributed by atoms with Gasteiger partial charge in [0, 0.05) is 17.8 Å². The highest BCUT2D eigenvalue weighted by Crippen LogP contribution is 2.26. The van der Waals surface area contributed by atoms with Gasteiger partial charge in [0.15, 0.2) is 0 Å². The summed E-state index contributed by atoms with van der Waals surface area (Å²) in [5.41, 5.74) is 11.4. The number of aryl methyl sites for hydroxylation is 2. The number of amides is 1. The Bertz CT molecular complexity index is 680. The zero-order valence-electron chi connectivity index (χ0n) is 13.4. The predicted molar refractivity (Wildman–Crippen MR) is 92.7 cm³/mol. The molecule has 22 heavy (non-hydrogen) atoms. The van der Waals surface area contributed by atoms with E-state index in [-0.39, 0.29) is 5.91 Å². The lowest BCUT2D eigenvalue weighted by molar-refractivity contribution is 0.0953. The van der Waals surface area contributed by atoms with E-state index in [2.05, 4.69) is 35.8 Å². The minimum Gasteiger partial charge on any atom is -0.397 e. The fraction of sp³-hybridized carbons (Fsp3) is 0.278. The second kappa shape index (κ2) is 6.98. The monoisotopic (exact) mass is 297 g/mol. The normalized spacial score (nSPS) is 10.3. The standard InChI is InChI=1S/C18H23N3O/c1-4-9-20-18(22)14-7-8-16(15(19)11-14)21-17-10-12(2)5-6-13(17)3/h5-8,10-11,21H,4,9,19H2,1-3H3,(H,20,22). The second-order valence-corrected chi connectivity index (χ2v) is 5.50. The van der Waals surface area contributed by atoms with E-state index in [0.29, 0.717) is 17.8 Å². The van der Waals surface area contributed by atoms with Crippen molar-refractivity contribution in [3.05, 3.63) is 53.1 Å². The van der Waals surface area contributed by atoms with Gasteiger partial charge in [-0.15, -0.1) is 0 Å². The first-order chi connectivity index (χ1) is 10.5. The highest BCUT2D eigenvalue weighted by molar-refractivity contribution is 5.96. The number of nitrogens with one attached hydrogen (secondary N) is 2. The van der Waals surface area contributed by atoms with E-state index in [4.69, 9.17) is 5.73 Å². The van der Waals surface area contributed by atoms with E-state index in [1.807, 2.05) is 19.9 Å². The molecule has 0 aromatic heterocycles. The fourth-order valence-corrected chi connectivity index (χ4v) is 2.17. The largest absolute Gasteiger partial charge is 0.397 e. The van der Waals surface area contributed by atoms with E-state index in [1.54, 1.807) is 12.1 Å². The number of nitrogens with two attached hydrogens (primary N) is 1. The van der Waals surface area contributed by atoms with Crippen molar-refractivity contribution in [2.75, 3.05) is 17.6 Å². The SMILES string of the molecule is CCCNC(=O)c1ccc(Nc2cc(C)ccc2C)c(N)c1. The molecule has 4 heteroatoms. The third-order valence-electron chi connectivity index (χ3n) is 3.51. The summed E-state index contributed by atoms with van der Waals surface area (Å²) in [6, 6.07) is 11.6. The Morgan fingerprint density at radius 2 is 1.86 bits per heavy atom. The maximum atomic E-state index is 11.9. The van der Waals surface area contributed by atoms with Gasteiger partial charge in [-0.2, -0.15) is 0 Å². The van der Waals surface area contributed by atoms with Gasteiger partial charge in [0.05, 0.1) is 11.4 Å². The van der Waals surface area contributed by atoms with E-state index in [1.165, 1.54) is 5.56 Å². The van der Waals surface area contributed by atoms with Crippen LogP contribution in [0.25, 0.3) is 0 Å². The molecular formula is C18H23N3O. The zero-order chi connectivity index (χ0) is 16.1. The Kier molecular flexibility index (Phi) is 5.04. The number of carbonyl (C=O) groups excluding carboxylic acids is 1. The van der Waals surface area contributed by atoms with Gasteiger partial charge in [0.1, 0.15) is 0 Å². The smallest absolute Gasteiger partial charge is 0.251 e. The molecule has 0 aliphatic heterocycles. The second-order valence-electron chi connectivity index (χ2n) is 5.50. The fourth-order valence-electron chi connectivity index (χ4n) is 2.17. The number of rotatable bonds is 5. The Morgan fingerprint density at radius 1 is 1.09 bits per heavy atom. The van der Waals surface area contributed by atoms with E-state index in [9.17, 15) is 4.79 Å². The van der Waals surface area contributed by atoms with Crippen LogP contribution in [-0.2, 0) is 0 Å². The number of benzene rings is 2. The third kappa shape index (κ3) is 3.79. The van der Waals surface area contributed by atoms with Crippen molar-refractivity contribution in [1.82, 2.24) is 5.32 Å². The Balaban J connectivity index is 2.19. The molecule has 2 aromatic rings. The summed E-state index contributed by atoms with van der Waals surface area (Å²) in [7, 11) is 0. The van der Waals surface area contributed by atoms with Crippen LogP contribution in [0.1, 0.15) is 34.8 Å². The molecule has 0 spiro atoms. The Hall–Kier alpha value is -2.49. The van der Waals surface area contributed by atoms with Crippen molar-refractivity contribution >= 4 is 23.0 Å². The average molecular weight is 297 g/mol. The minimum atomic E-state index is -0.0909. The molecule has 0 unspecified atom stereocenters. The maximum absolute atomic E-state index is 11.9. The molecule has 116 valence electrons. The first-order valence-corrected chi connectivity index (χ1v) is 7.53. The summed E-state index contributed by atoms with van der Waals surface area (Å²) in [6.07, 6.45) is 0.910. The number of hydrogen-bond donors (Lipinski definition) is 3. The molecule has 0 fully saturated rings. The summed E-state index contributed by atoms with van der Waals surface area (Å²) in [5, 5.41) is 6.18. The number of carbonyl (C=O) groups is 1. The predicted octanol–water partition coefficient (Wildman–Crippen LogP) is 3.77. The van der Waals surface area contributed by atoms with Gasteiger partial charge < -0.3 is 16.4 Å². The van der Waals surface area contributed by atoms with Crippen LogP contribution in [-0.4, -0.2) is 12.5 Å². The maximum Gasteiger partial charge on any atom is 0.251 e. The van der Waals surface area contributed by atoms with Crippen molar-refractivity contribution in [2.24, 2.45) is 0 Å². The van der Waals surface area contributed by atoms with Crippen molar-refractivity contribution < 1.29 is 4.79 Å². The van der Waals surface area contributed by atoms with Gasteiger partial charge in [-0.05, 0) is 55.7 Å². The lowest BCUT2D eigenvalue weighted by Crippen LogP contribution is -2.24. The van der Waals surface area contributed by atoms with Crippen LogP contribution >= 0.6 is 0 Å². The summed E-state index contributed by atoms with van der Waals surface area (Å²) >= 11 is 0. The van der Waals surface area contributed by atoms with E-state index < -0.39 is 0 Å². The molecule has 0 saturated heterocycles. The van der Waals surface area contributed by atoms with Crippen molar-refractivity contribution in [3.8, 4) is 0 Å². The van der Waals surface area contributed by atoms with Crippen LogP contribution in [0.2, 0.25) is 0 Å². The van der Waals surface area contributed by atoms with Crippen LogP contribution in [0.3, 0.4) is 0 Å². The molecule has 0 heterocycles. The van der Waals surface area contributed by atoms with E-state index >= 15 is 0 Å². The summed E-state index contributed by atoms with van der Waals surface area (Å²) in [4.78, 5) is 11.9. The first-order valence-electron chi connectivity index (χ1n) is 7.53. The van der Waals surface area contributed by atoms with Crippen molar-refractivity contribution in [3.63, 3.8) is 0 Å². The van der Waals surface area contributed by atoms with Crippen LogP contribution in [0.5, 0.6) is 0 Å². The molecular weight excluding hydrogens is 274 g/mol. The minimum absolute atomic E-state index is 0.0909. The molecule has 2 aromatic carbocycles. The summed E-state index contributed by atoms with van der Waals surface area (Å²) in [6.45, 7) is 6.78. The number of hydrogen-bond acceptors (Lipinski definition) is 3. The Labute approximate surface area is 131 Å². The van der Waals surface area contributed by atoms with Gasteiger partial charge in [-0.3, -0.25) is 4.79 Å². The van der Waals surface area contributed by atoms with Crippen LogP contribution in [0, 0.1) is 13.8 Å². The number of anilines is 3. The third-order valence-corrected chi connectivity index (χ3v) is 3.51. The topological polar surface area (TPSA) is 67.2 Å². The molecule has 0 saturated carbocycles. The molecule has 1 amide bonds. The van der Waals surface area contributed by atoms with Gasteiger partial charge >= 0.3 is 0 Å². The molecule has 0 atom stereocenters. The molecule has 2 rings (SSSR count). The van der Waals surface area contributed by atoms with Crippen molar-refractivity contribution in [2.45, 2.75) is 27.2 Å². The van der Waals surface area contributed by atoms with Crippen LogP contribution in [0.4, 0.5) is 17.1 Å². The lowest BCUT2D eigenvalue weighted by Gasteiger charge is -2.13. The van der Waals surface area contributed by atoms with Crippen LogP contribution in [0.15, 0.2) is 36.4 Å².